The largest absolute Gasteiger partial charge is 0.378 e. The molecule has 0 bridgehead atoms. The second-order valence-electron chi connectivity index (χ2n) is 9.21. The number of rotatable bonds is 5. The Morgan fingerprint density at radius 2 is 1.90 bits per heavy atom. The second-order valence-corrected chi connectivity index (χ2v) is 9.62. The molecule has 2 saturated heterocycles. The summed E-state index contributed by atoms with van der Waals surface area (Å²) in [6, 6.07) is 13.2. The molecule has 2 aliphatic rings. The van der Waals surface area contributed by atoms with Gasteiger partial charge in [0, 0.05) is 29.8 Å². The normalized spacial score (nSPS) is 20.6. The van der Waals surface area contributed by atoms with Gasteiger partial charge in [0.2, 0.25) is 5.91 Å². The zero-order valence-electron chi connectivity index (χ0n) is 18.9. The lowest BCUT2D eigenvalue weighted by atomic mass is 9.88. The predicted molar refractivity (Wildman–Crippen MR) is 129 cm³/mol. The standard InChI is InChI=1S/C26H34ClN3O/c1-17-6-9-22(23(27)15-17)19(3)29-25-16-21(8-7-18(25)2)20-10-13-30(14-11-20)26(31)24-5-4-12-28-24/h6-9,15-16,19-20,24,28-29H,4-5,10-14H2,1-3H3. The molecule has 2 heterocycles. The minimum absolute atomic E-state index is 0.0433. The van der Waals surface area contributed by atoms with Crippen molar-refractivity contribution in [3.63, 3.8) is 0 Å². The molecule has 0 aliphatic carbocycles. The first-order chi connectivity index (χ1) is 14.9. The Morgan fingerprint density at radius 1 is 1.13 bits per heavy atom. The molecule has 0 saturated carbocycles. The quantitative estimate of drug-likeness (QED) is 0.638. The van der Waals surface area contributed by atoms with Crippen molar-refractivity contribution in [1.82, 2.24) is 10.2 Å². The van der Waals surface area contributed by atoms with Crippen LogP contribution in [0.2, 0.25) is 5.02 Å². The fourth-order valence-electron chi connectivity index (χ4n) is 4.89. The molecule has 5 heteroatoms. The number of nitrogens with one attached hydrogen (secondary N) is 2. The topological polar surface area (TPSA) is 44.4 Å². The van der Waals surface area contributed by atoms with E-state index in [0.29, 0.717) is 11.8 Å². The van der Waals surface area contributed by atoms with Gasteiger partial charge in [0.1, 0.15) is 0 Å². The van der Waals surface area contributed by atoms with Gasteiger partial charge in [-0.05, 0) is 93.3 Å². The molecule has 2 atom stereocenters. The van der Waals surface area contributed by atoms with E-state index in [2.05, 4.69) is 66.6 Å². The van der Waals surface area contributed by atoms with Gasteiger partial charge in [0.05, 0.1) is 6.04 Å². The first-order valence-corrected chi connectivity index (χ1v) is 12.0. The summed E-state index contributed by atoms with van der Waals surface area (Å²) in [7, 11) is 0. The van der Waals surface area contributed by atoms with E-state index < -0.39 is 0 Å². The predicted octanol–water partition coefficient (Wildman–Crippen LogP) is 5.59. The minimum Gasteiger partial charge on any atom is -0.378 e. The molecule has 2 unspecified atom stereocenters. The van der Waals surface area contributed by atoms with Crippen LogP contribution in [0.25, 0.3) is 0 Å². The van der Waals surface area contributed by atoms with Crippen molar-refractivity contribution in [2.75, 3.05) is 25.0 Å². The first-order valence-electron chi connectivity index (χ1n) is 11.6. The van der Waals surface area contributed by atoms with Crippen molar-refractivity contribution in [2.45, 2.75) is 64.5 Å². The average Bonchev–Trinajstić information content (AvgIpc) is 3.30. The number of anilines is 1. The summed E-state index contributed by atoms with van der Waals surface area (Å²) in [4.78, 5) is 14.8. The molecule has 4 nitrogen and oxygen atoms in total. The van der Waals surface area contributed by atoms with Crippen LogP contribution in [-0.2, 0) is 4.79 Å². The molecule has 2 aromatic rings. The Kier molecular flexibility index (Phi) is 6.88. The van der Waals surface area contributed by atoms with Gasteiger partial charge in [0.15, 0.2) is 0 Å². The molecule has 166 valence electrons. The molecule has 2 aromatic carbocycles. The minimum atomic E-state index is 0.0433. The highest BCUT2D eigenvalue weighted by Crippen LogP contribution is 2.33. The van der Waals surface area contributed by atoms with Gasteiger partial charge in [-0.15, -0.1) is 0 Å². The van der Waals surface area contributed by atoms with Crippen LogP contribution < -0.4 is 10.6 Å². The van der Waals surface area contributed by atoms with E-state index in [-0.39, 0.29) is 12.1 Å². The van der Waals surface area contributed by atoms with Crippen LogP contribution in [-0.4, -0.2) is 36.5 Å². The molecule has 4 rings (SSSR count). The molecule has 2 N–H and O–H groups in total. The Morgan fingerprint density at radius 3 is 2.58 bits per heavy atom. The monoisotopic (exact) mass is 439 g/mol. The fraction of sp³-hybridized carbons (Fsp3) is 0.500. The Hall–Kier alpha value is -2.04. The van der Waals surface area contributed by atoms with E-state index in [1.165, 1.54) is 16.7 Å². The van der Waals surface area contributed by atoms with Crippen molar-refractivity contribution >= 4 is 23.2 Å². The number of hydrogen-bond donors (Lipinski definition) is 2. The highest BCUT2D eigenvalue weighted by molar-refractivity contribution is 6.31. The highest BCUT2D eigenvalue weighted by Gasteiger charge is 2.30. The van der Waals surface area contributed by atoms with Gasteiger partial charge < -0.3 is 15.5 Å². The Balaban J connectivity index is 1.41. The molecule has 2 aliphatic heterocycles. The van der Waals surface area contributed by atoms with Crippen molar-refractivity contribution < 1.29 is 4.79 Å². The molecule has 0 spiro atoms. The van der Waals surface area contributed by atoms with Crippen LogP contribution in [0.5, 0.6) is 0 Å². The number of benzene rings is 2. The third kappa shape index (κ3) is 5.07. The number of amides is 1. The summed E-state index contributed by atoms with van der Waals surface area (Å²) in [5.41, 5.74) is 6.05. The Labute approximate surface area is 191 Å². The van der Waals surface area contributed by atoms with Crippen molar-refractivity contribution in [3.8, 4) is 0 Å². The number of nitrogens with zero attached hydrogens (tertiary/aromatic N) is 1. The summed E-state index contributed by atoms with van der Waals surface area (Å²) >= 11 is 6.49. The smallest absolute Gasteiger partial charge is 0.239 e. The van der Waals surface area contributed by atoms with Crippen LogP contribution in [0, 0.1) is 13.8 Å². The molecular weight excluding hydrogens is 406 g/mol. The summed E-state index contributed by atoms with van der Waals surface area (Å²) in [5, 5.41) is 7.82. The second kappa shape index (κ2) is 9.62. The molecule has 0 aromatic heterocycles. The van der Waals surface area contributed by atoms with Crippen LogP contribution in [0.4, 0.5) is 5.69 Å². The molecule has 31 heavy (non-hydrogen) atoms. The van der Waals surface area contributed by atoms with Crippen LogP contribution in [0.1, 0.15) is 66.8 Å². The highest BCUT2D eigenvalue weighted by atomic mass is 35.5. The van der Waals surface area contributed by atoms with Crippen LogP contribution >= 0.6 is 11.6 Å². The number of likely N-dealkylation sites (tertiary alicyclic amines) is 1. The lowest BCUT2D eigenvalue weighted by molar-refractivity contribution is -0.134. The summed E-state index contributed by atoms with van der Waals surface area (Å²) in [6.45, 7) is 9.04. The SMILES string of the molecule is Cc1ccc(C(C)Nc2cc(C3CCN(C(=O)C4CCCN4)CC3)ccc2C)c(Cl)c1. The summed E-state index contributed by atoms with van der Waals surface area (Å²) in [5.74, 6) is 0.797. The van der Waals surface area contributed by atoms with Gasteiger partial charge in [-0.1, -0.05) is 35.9 Å². The lowest BCUT2D eigenvalue weighted by Crippen LogP contribution is -2.46. The maximum atomic E-state index is 12.7. The number of hydrogen-bond acceptors (Lipinski definition) is 3. The number of carbonyl (C=O) groups excluding carboxylic acids is 1. The van der Waals surface area contributed by atoms with Crippen molar-refractivity contribution in [2.24, 2.45) is 0 Å². The molecule has 0 radical (unpaired) electrons. The number of piperidine rings is 1. The first kappa shape index (κ1) is 22.2. The van der Waals surface area contributed by atoms with E-state index in [1.54, 1.807) is 0 Å². The maximum absolute atomic E-state index is 12.7. The fourth-order valence-corrected chi connectivity index (χ4v) is 5.29. The summed E-state index contributed by atoms with van der Waals surface area (Å²) < 4.78 is 0. The molecule has 1 amide bonds. The van der Waals surface area contributed by atoms with E-state index in [4.69, 9.17) is 11.6 Å². The zero-order chi connectivity index (χ0) is 22.0. The summed E-state index contributed by atoms with van der Waals surface area (Å²) in [6.07, 6.45) is 4.15. The van der Waals surface area contributed by atoms with Crippen LogP contribution in [0.15, 0.2) is 36.4 Å². The van der Waals surface area contributed by atoms with Crippen molar-refractivity contribution in [3.05, 3.63) is 63.7 Å². The Bertz CT molecular complexity index is 930. The van der Waals surface area contributed by atoms with Gasteiger partial charge in [0.25, 0.3) is 0 Å². The third-order valence-electron chi connectivity index (χ3n) is 6.89. The zero-order valence-corrected chi connectivity index (χ0v) is 19.6. The van der Waals surface area contributed by atoms with E-state index in [0.717, 1.165) is 61.6 Å². The van der Waals surface area contributed by atoms with Gasteiger partial charge in [-0.3, -0.25) is 4.79 Å². The van der Waals surface area contributed by atoms with Crippen molar-refractivity contribution in [1.29, 1.82) is 0 Å². The third-order valence-corrected chi connectivity index (χ3v) is 7.22. The van der Waals surface area contributed by atoms with Gasteiger partial charge in [-0.2, -0.15) is 0 Å². The van der Waals surface area contributed by atoms with E-state index >= 15 is 0 Å². The number of halogens is 1. The molecule has 2 fully saturated rings. The lowest BCUT2D eigenvalue weighted by Gasteiger charge is -2.34. The number of carbonyl (C=O) groups is 1. The van der Waals surface area contributed by atoms with Gasteiger partial charge in [-0.25, -0.2) is 0 Å². The van der Waals surface area contributed by atoms with Crippen LogP contribution in [0.3, 0.4) is 0 Å². The molecular formula is C26H34ClN3O. The van der Waals surface area contributed by atoms with E-state index in [9.17, 15) is 4.79 Å². The van der Waals surface area contributed by atoms with E-state index in [1.807, 2.05) is 6.07 Å². The number of aryl methyl sites for hydroxylation is 2. The average molecular weight is 440 g/mol. The maximum Gasteiger partial charge on any atom is 0.239 e. The van der Waals surface area contributed by atoms with Gasteiger partial charge >= 0.3 is 0 Å².